The minimum absolute atomic E-state index is 0.00457. The van der Waals surface area contributed by atoms with Gasteiger partial charge in [-0.3, -0.25) is 4.79 Å². The van der Waals surface area contributed by atoms with E-state index >= 15 is 0 Å². The van der Waals surface area contributed by atoms with Crippen LogP contribution in [-0.2, 0) is 17.6 Å². The number of aromatic nitrogens is 1. The summed E-state index contributed by atoms with van der Waals surface area (Å²) < 4.78 is 0. The number of ketones is 1. The Morgan fingerprint density at radius 3 is 2.71 bits per heavy atom. The second-order valence-corrected chi connectivity index (χ2v) is 12.6. The zero-order valence-corrected chi connectivity index (χ0v) is 20.1. The van der Waals surface area contributed by atoms with Crippen molar-refractivity contribution in [3.63, 3.8) is 0 Å². The molecular formula is C28H35NOS. The first kappa shape index (κ1) is 20.1. The summed E-state index contributed by atoms with van der Waals surface area (Å²) in [6.07, 6.45) is 10.4. The van der Waals surface area contributed by atoms with Gasteiger partial charge in [0.15, 0.2) is 0 Å². The second-order valence-electron chi connectivity index (χ2n) is 11.5. The lowest BCUT2D eigenvalue weighted by atomic mass is 9.46. The maximum absolute atomic E-state index is 12.7. The van der Waals surface area contributed by atoms with Gasteiger partial charge in [0, 0.05) is 29.1 Å². The van der Waals surface area contributed by atoms with Gasteiger partial charge < -0.3 is 0 Å². The van der Waals surface area contributed by atoms with Crippen LogP contribution in [0.1, 0.15) is 91.4 Å². The quantitative estimate of drug-likeness (QED) is 0.516. The average Bonchev–Trinajstić information content (AvgIpc) is 3.29. The predicted octanol–water partition coefficient (Wildman–Crippen LogP) is 6.88. The molecule has 6 atom stereocenters. The molecule has 0 spiro atoms. The summed E-state index contributed by atoms with van der Waals surface area (Å²) in [6, 6.07) is 8.75. The molecule has 3 saturated carbocycles. The Morgan fingerprint density at radius 2 is 1.87 bits per heavy atom. The molecule has 0 aliphatic heterocycles. The molecule has 1 aromatic carbocycles. The Kier molecular flexibility index (Phi) is 4.55. The van der Waals surface area contributed by atoms with Crippen LogP contribution in [0, 0.1) is 35.5 Å². The van der Waals surface area contributed by atoms with Crippen molar-refractivity contribution in [1.29, 1.82) is 0 Å². The standard InChI is InChI=1S/C28H35NOS/c1-17-6-4-5-7-18(17)16-25-29-23-13-15-27(2)21-12-14-28(3)20(10-11-24(28)30)19(21)8-9-22(27)26(23)31-25/h4-7,19-22H,8-16H2,1-3H3/t19-,20-,21-,22-,27+,28-/m0/s1. The Balaban J connectivity index is 1.30. The number of hydrogen-bond donors (Lipinski definition) is 0. The van der Waals surface area contributed by atoms with Crippen molar-refractivity contribution in [2.45, 2.75) is 84.5 Å². The lowest BCUT2D eigenvalue weighted by molar-refractivity contribution is -0.134. The summed E-state index contributed by atoms with van der Waals surface area (Å²) >= 11 is 2.02. The van der Waals surface area contributed by atoms with Crippen molar-refractivity contribution >= 4 is 17.1 Å². The molecule has 0 amide bonds. The monoisotopic (exact) mass is 433 g/mol. The van der Waals surface area contributed by atoms with Gasteiger partial charge in [-0.05, 0) is 86.2 Å². The minimum Gasteiger partial charge on any atom is -0.299 e. The molecule has 0 radical (unpaired) electrons. The lowest BCUT2D eigenvalue weighted by Crippen LogP contribution is -2.52. The number of hydrogen-bond acceptors (Lipinski definition) is 3. The molecule has 0 saturated heterocycles. The van der Waals surface area contributed by atoms with Crippen molar-refractivity contribution < 1.29 is 4.79 Å². The third-order valence-corrected chi connectivity index (χ3v) is 11.4. The highest BCUT2D eigenvalue weighted by Crippen LogP contribution is 2.67. The van der Waals surface area contributed by atoms with Crippen LogP contribution >= 0.6 is 11.3 Å². The number of thiazole rings is 1. The molecule has 4 aliphatic rings. The molecule has 3 fully saturated rings. The van der Waals surface area contributed by atoms with Gasteiger partial charge in [-0.1, -0.05) is 38.1 Å². The van der Waals surface area contributed by atoms with E-state index < -0.39 is 0 Å². The average molecular weight is 434 g/mol. The van der Waals surface area contributed by atoms with E-state index in [-0.39, 0.29) is 5.41 Å². The van der Waals surface area contributed by atoms with Crippen molar-refractivity contribution in [2.75, 3.05) is 0 Å². The molecule has 31 heavy (non-hydrogen) atoms. The normalized spacial score (nSPS) is 38.9. The van der Waals surface area contributed by atoms with E-state index in [2.05, 4.69) is 45.0 Å². The summed E-state index contributed by atoms with van der Waals surface area (Å²) in [5.74, 6) is 3.47. The highest BCUT2D eigenvalue weighted by molar-refractivity contribution is 7.11. The maximum atomic E-state index is 12.7. The Bertz CT molecular complexity index is 1040. The first-order valence-electron chi connectivity index (χ1n) is 12.5. The maximum Gasteiger partial charge on any atom is 0.139 e. The van der Waals surface area contributed by atoms with Crippen molar-refractivity contribution in [1.82, 2.24) is 4.98 Å². The van der Waals surface area contributed by atoms with Crippen LogP contribution in [0.25, 0.3) is 0 Å². The zero-order valence-electron chi connectivity index (χ0n) is 19.2. The zero-order chi connectivity index (χ0) is 21.4. The fourth-order valence-corrected chi connectivity index (χ4v) is 9.75. The predicted molar refractivity (Wildman–Crippen MR) is 127 cm³/mol. The van der Waals surface area contributed by atoms with E-state index in [0.717, 1.165) is 43.9 Å². The van der Waals surface area contributed by atoms with Crippen LogP contribution in [0.2, 0.25) is 0 Å². The van der Waals surface area contributed by atoms with Gasteiger partial charge in [0.2, 0.25) is 0 Å². The van der Waals surface area contributed by atoms with Gasteiger partial charge in [-0.25, -0.2) is 4.98 Å². The van der Waals surface area contributed by atoms with Crippen LogP contribution in [0.15, 0.2) is 24.3 Å². The number of Topliss-reactive ketones (excluding diaryl/α,β-unsaturated/α-hetero) is 1. The topological polar surface area (TPSA) is 30.0 Å². The number of carbonyl (C=O) groups excluding carboxylic acids is 1. The van der Waals surface area contributed by atoms with Gasteiger partial charge in [0.05, 0.1) is 10.7 Å². The van der Waals surface area contributed by atoms with Gasteiger partial charge in [-0.2, -0.15) is 0 Å². The molecule has 0 N–H and O–H groups in total. The highest BCUT2D eigenvalue weighted by atomic mass is 32.1. The number of fused-ring (bicyclic) bond motifs is 7. The Labute approximate surface area is 190 Å². The third kappa shape index (κ3) is 2.88. The van der Waals surface area contributed by atoms with Gasteiger partial charge in [0.25, 0.3) is 0 Å². The minimum atomic E-state index is -0.00457. The first-order valence-corrected chi connectivity index (χ1v) is 13.3. The first-order chi connectivity index (χ1) is 14.9. The fraction of sp³-hybridized carbons (Fsp3) is 0.643. The number of nitrogens with zero attached hydrogens (tertiary/aromatic N) is 1. The largest absolute Gasteiger partial charge is 0.299 e. The molecule has 6 rings (SSSR count). The molecular weight excluding hydrogens is 398 g/mol. The molecule has 2 aromatic rings. The number of carbonyl (C=O) groups is 1. The third-order valence-electron chi connectivity index (χ3n) is 10.2. The number of aryl methyl sites for hydroxylation is 2. The van der Waals surface area contributed by atoms with Gasteiger partial charge in [-0.15, -0.1) is 11.3 Å². The van der Waals surface area contributed by atoms with E-state index in [9.17, 15) is 4.79 Å². The van der Waals surface area contributed by atoms with Crippen LogP contribution in [0.3, 0.4) is 0 Å². The second kappa shape index (κ2) is 7.01. The highest BCUT2D eigenvalue weighted by Gasteiger charge is 2.60. The number of rotatable bonds is 2. The van der Waals surface area contributed by atoms with Crippen LogP contribution in [-0.4, -0.2) is 10.8 Å². The van der Waals surface area contributed by atoms with Crippen molar-refractivity contribution in [3.8, 4) is 0 Å². The van der Waals surface area contributed by atoms with E-state index in [4.69, 9.17) is 4.98 Å². The summed E-state index contributed by atoms with van der Waals surface area (Å²) in [5, 5.41) is 1.31. The smallest absolute Gasteiger partial charge is 0.139 e. The van der Waals surface area contributed by atoms with Gasteiger partial charge >= 0.3 is 0 Å². The SMILES string of the molecule is Cc1ccccc1Cc1nc2c(s1)[C@@H]1CC[C@@H]3[C@H](CC[C@]4(C)C(=O)CC[C@@H]34)[C@@]1(C)CC2. The molecule has 0 bridgehead atoms. The lowest BCUT2D eigenvalue weighted by Gasteiger charge is -2.59. The van der Waals surface area contributed by atoms with Crippen LogP contribution in [0.4, 0.5) is 0 Å². The molecule has 0 unspecified atom stereocenters. The van der Waals surface area contributed by atoms with E-state index in [1.807, 2.05) is 11.3 Å². The van der Waals surface area contributed by atoms with Crippen LogP contribution < -0.4 is 0 Å². The molecule has 4 aliphatic carbocycles. The van der Waals surface area contributed by atoms with E-state index in [1.54, 1.807) is 4.88 Å². The van der Waals surface area contributed by atoms with Crippen molar-refractivity contribution in [3.05, 3.63) is 51.0 Å². The Hall–Kier alpha value is -1.48. The summed E-state index contributed by atoms with van der Waals surface area (Å²) in [7, 11) is 0. The van der Waals surface area contributed by atoms with E-state index in [0.29, 0.717) is 23.0 Å². The summed E-state index contributed by atoms with van der Waals surface area (Å²) in [5.41, 5.74) is 4.59. The Morgan fingerprint density at radius 1 is 1.03 bits per heavy atom. The van der Waals surface area contributed by atoms with Crippen molar-refractivity contribution in [2.24, 2.45) is 28.6 Å². The summed E-state index contributed by atoms with van der Waals surface area (Å²) in [4.78, 5) is 19.5. The van der Waals surface area contributed by atoms with Crippen LogP contribution in [0.5, 0.6) is 0 Å². The molecule has 164 valence electrons. The molecule has 3 heteroatoms. The van der Waals surface area contributed by atoms with E-state index in [1.165, 1.54) is 47.5 Å². The summed E-state index contributed by atoms with van der Waals surface area (Å²) in [6.45, 7) is 7.13. The number of benzene rings is 1. The van der Waals surface area contributed by atoms with Gasteiger partial charge in [0.1, 0.15) is 5.78 Å². The molecule has 1 heterocycles. The molecule has 1 aromatic heterocycles. The fourth-order valence-electron chi connectivity index (χ4n) is 8.32. The molecule has 2 nitrogen and oxygen atoms in total.